The SMILES string of the molecule is CCC(C(=O)N1CCN(c2cccc(Cl)c2)CC1)N1C(=O)NC2CCCCC2C1=O. The Labute approximate surface area is 182 Å². The molecule has 4 amide bonds. The molecule has 1 N–H and O–H groups in total. The first-order valence-electron chi connectivity index (χ1n) is 10.9. The molecule has 0 bridgehead atoms. The molecule has 2 aliphatic heterocycles. The molecular weight excluding hydrogens is 404 g/mol. The number of carbonyl (C=O) groups is 3. The Hall–Kier alpha value is -2.28. The highest BCUT2D eigenvalue weighted by molar-refractivity contribution is 6.30. The lowest BCUT2D eigenvalue weighted by atomic mass is 9.82. The zero-order chi connectivity index (χ0) is 21.3. The topological polar surface area (TPSA) is 73.0 Å². The number of hydrogen-bond donors (Lipinski definition) is 1. The average molecular weight is 433 g/mol. The molecule has 3 fully saturated rings. The molecule has 1 saturated carbocycles. The molecule has 1 aromatic carbocycles. The zero-order valence-electron chi connectivity index (χ0n) is 17.3. The number of nitrogens with one attached hydrogen (secondary N) is 1. The molecule has 0 spiro atoms. The van der Waals surface area contributed by atoms with Crippen LogP contribution in [-0.2, 0) is 9.59 Å². The summed E-state index contributed by atoms with van der Waals surface area (Å²) >= 11 is 6.10. The number of urea groups is 1. The van der Waals surface area contributed by atoms with E-state index in [1.807, 2.05) is 31.2 Å². The van der Waals surface area contributed by atoms with Crippen LogP contribution >= 0.6 is 11.6 Å². The molecule has 2 saturated heterocycles. The van der Waals surface area contributed by atoms with Crippen LogP contribution in [0.4, 0.5) is 10.5 Å². The number of hydrogen-bond acceptors (Lipinski definition) is 4. The summed E-state index contributed by atoms with van der Waals surface area (Å²) in [5.74, 6) is -0.514. The maximum absolute atomic E-state index is 13.3. The van der Waals surface area contributed by atoms with Gasteiger partial charge in [-0.15, -0.1) is 0 Å². The molecule has 7 nitrogen and oxygen atoms in total. The second kappa shape index (κ2) is 8.84. The molecular formula is C22H29ClN4O3. The van der Waals surface area contributed by atoms with Crippen molar-refractivity contribution in [2.45, 2.75) is 51.1 Å². The van der Waals surface area contributed by atoms with Gasteiger partial charge in [0.1, 0.15) is 6.04 Å². The van der Waals surface area contributed by atoms with E-state index in [4.69, 9.17) is 11.6 Å². The Morgan fingerprint density at radius 2 is 1.90 bits per heavy atom. The third kappa shape index (κ3) is 4.00. The Bertz CT molecular complexity index is 824. The van der Waals surface area contributed by atoms with E-state index in [9.17, 15) is 14.4 Å². The number of nitrogens with zero attached hydrogens (tertiary/aromatic N) is 3. The van der Waals surface area contributed by atoms with Crippen molar-refractivity contribution in [3.8, 4) is 0 Å². The van der Waals surface area contributed by atoms with Gasteiger partial charge in [-0.1, -0.05) is 37.4 Å². The van der Waals surface area contributed by atoms with Gasteiger partial charge in [0, 0.05) is 42.9 Å². The molecule has 3 atom stereocenters. The molecule has 30 heavy (non-hydrogen) atoms. The number of benzene rings is 1. The number of amides is 4. The van der Waals surface area contributed by atoms with Crippen LogP contribution in [0.1, 0.15) is 39.0 Å². The van der Waals surface area contributed by atoms with Crippen molar-refractivity contribution >= 4 is 35.1 Å². The normalized spacial score (nSPS) is 25.6. The summed E-state index contributed by atoms with van der Waals surface area (Å²) in [7, 11) is 0. The largest absolute Gasteiger partial charge is 0.368 e. The van der Waals surface area contributed by atoms with E-state index in [0.717, 1.165) is 31.4 Å². The summed E-state index contributed by atoms with van der Waals surface area (Å²) in [6.07, 6.45) is 4.06. The van der Waals surface area contributed by atoms with Crippen LogP contribution in [0.25, 0.3) is 0 Å². The van der Waals surface area contributed by atoms with Crippen LogP contribution in [0.15, 0.2) is 24.3 Å². The van der Waals surface area contributed by atoms with Crippen LogP contribution < -0.4 is 10.2 Å². The monoisotopic (exact) mass is 432 g/mol. The number of rotatable bonds is 4. The molecule has 2 heterocycles. The lowest BCUT2D eigenvalue weighted by Crippen LogP contribution is -2.66. The summed E-state index contributed by atoms with van der Waals surface area (Å²) < 4.78 is 0. The van der Waals surface area contributed by atoms with E-state index < -0.39 is 12.1 Å². The molecule has 3 unspecified atom stereocenters. The average Bonchev–Trinajstić information content (AvgIpc) is 2.76. The lowest BCUT2D eigenvalue weighted by molar-refractivity contribution is -0.148. The van der Waals surface area contributed by atoms with Gasteiger partial charge in [-0.2, -0.15) is 0 Å². The number of imide groups is 1. The Kier molecular flexibility index (Phi) is 6.18. The lowest BCUT2D eigenvalue weighted by Gasteiger charge is -2.44. The highest BCUT2D eigenvalue weighted by atomic mass is 35.5. The standard InChI is InChI=1S/C22H29ClN4O3/c1-2-19(27-20(28)17-8-3-4-9-18(17)24-22(27)30)21(29)26-12-10-25(11-13-26)16-7-5-6-15(23)14-16/h5-7,14,17-19H,2-4,8-13H2,1H3,(H,24,30). The van der Waals surface area contributed by atoms with Crippen molar-refractivity contribution in [2.75, 3.05) is 31.1 Å². The molecule has 162 valence electrons. The fourth-order valence-corrected chi connectivity index (χ4v) is 5.12. The number of fused-ring (bicyclic) bond motifs is 1. The summed E-state index contributed by atoms with van der Waals surface area (Å²) in [5.41, 5.74) is 1.04. The van der Waals surface area contributed by atoms with Crippen LogP contribution in [0.5, 0.6) is 0 Å². The van der Waals surface area contributed by atoms with E-state index in [1.165, 1.54) is 4.90 Å². The number of carbonyl (C=O) groups excluding carboxylic acids is 3. The third-order valence-corrected chi connectivity index (χ3v) is 6.83. The van der Waals surface area contributed by atoms with E-state index in [-0.39, 0.29) is 23.8 Å². The minimum absolute atomic E-state index is 0.0798. The molecule has 0 radical (unpaired) electrons. The number of anilines is 1. The minimum Gasteiger partial charge on any atom is -0.368 e. The van der Waals surface area contributed by atoms with Crippen LogP contribution in [-0.4, -0.2) is 65.9 Å². The van der Waals surface area contributed by atoms with Crippen molar-refractivity contribution in [3.05, 3.63) is 29.3 Å². The van der Waals surface area contributed by atoms with Crippen molar-refractivity contribution in [1.82, 2.24) is 15.1 Å². The van der Waals surface area contributed by atoms with Gasteiger partial charge >= 0.3 is 6.03 Å². The highest BCUT2D eigenvalue weighted by Crippen LogP contribution is 2.31. The number of halogens is 1. The molecule has 4 rings (SSSR count). The summed E-state index contributed by atoms with van der Waals surface area (Å²) in [6.45, 7) is 4.34. The quantitative estimate of drug-likeness (QED) is 0.794. The van der Waals surface area contributed by atoms with Crippen LogP contribution in [0, 0.1) is 5.92 Å². The van der Waals surface area contributed by atoms with Gasteiger partial charge in [0.2, 0.25) is 11.8 Å². The van der Waals surface area contributed by atoms with Gasteiger partial charge in [-0.25, -0.2) is 4.79 Å². The predicted molar refractivity (Wildman–Crippen MR) is 115 cm³/mol. The molecule has 0 aromatic heterocycles. The fraction of sp³-hybridized carbons (Fsp3) is 0.591. The van der Waals surface area contributed by atoms with Crippen molar-refractivity contribution in [1.29, 1.82) is 0 Å². The van der Waals surface area contributed by atoms with Gasteiger partial charge < -0.3 is 15.1 Å². The summed E-state index contributed by atoms with van der Waals surface area (Å²) in [6, 6.07) is 6.46. The highest BCUT2D eigenvalue weighted by Gasteiger charge is 2.46. The smallest absolute Gasteiger partial charge is 0.325 e. The second-order valence-corrected chi connectivity index (χ2v) is 8.81. The van der Waals surface area contributed by atoms with Gasteiger partial charge in [-0.05, 0) is 37.5 Å². The van der Waals surface area contributed by atoms with Crippen molar-refractivity contribution < 1.29 is 14.4 Å². The number of piperazine rings is 1. The first-order chi connectivity index (χ1) is 14.5. The molecule has 3 aliphatic rings. The van der Waals surface area contributed by atoms with Gasteiger partial charge in [-0.3, -0.25) is 14.5 Å². The third-order valence-electron chi connectivity index (χ3n) is 6.60. The summed E-state index contributed by atoms with van der Waals surface area (Å²) in [5, 5.41) is 3.67. The predicted octanol–water partition coefficient (Wildman–Crippen LogP) is 2.88. The molecule has 1 aliphatic carbocycles. The molecule has 8 heteroatoms. The first kappa shape index (κ1) is 21.0. The first-order valence-corrected chi connectivity index (χ1v) is 11.3. The van der Waals surface area contributed by atoms with Gasteiger partial charge in [0.25, 0.3) is 0 Å². The second-order valence-electron chi connectivity index (χ2n) is 8.37. The maximum atomic E-state index is 13.3. The zero-order valence-corrected chi connectivity index (χ0v) is 18.1. The Morgan fingerprint density at radius 3 is 2.60 bits per heavy atom. The van der Waals surface area contributed by atoms with Crippen LogP contribution in [0.3, 0.4) is 0 Å². The van der Waals surface area contributed by atoms with Gasteiger partial charge in [0.15, 0.2) is 0 Å². The fourth-order valence-electron chi connectivity index (χ4n) is 4.94. The van der Waals surface area contributed by atoms with Crippen molar-refractivity contribution in [3.63, 3.8) is 0 Å². The van der Waals surface area contributed by atoms with Gasteiger partial charge in [0.05, 0.1) is 5.92 Å². The van der Waals surface area contributed by atoms with E-state index in [2.05, 4.69) is 10.2 Å². The van der Waals surface area contributed by atoms with E-state index >= 15 is 0 Å². The van der Waals surface area contributed by atoms with Crippen LogP contribution in [0.2, 0.25) is 5.02 Å². The Morgan fingerprint density at radius 1 is 1.17 bits per heavy atom. The molecule has 1 aromatic rings. The van der Waals surface area contributed by atoms with E-state index in [1.54, 1.807) is 4.90 Å². The maximum Gasteiger partial charge on any atom is 0.325 e. The van der Waals surface area contributed by atoms with E-state index in [0.29, 0.717) is 37.6 Å². The Balaban J connectivity index is 1.43. The summed E-state index contributed by atoms with van der Waals surface area (Å²) in [4.78, 5) is 44.3. The minimum atomic E-state index is -0.738. The van der Waals surface area contributed by atoms with Crippen molar-refractivity contribution in [2.24, 2.45) is 5.92 Å².